The van der Waals surface area contributed by atoms with Crippen LogP contribution in [-0.4, -0.2) is 29.0 Å². The minimum atomic E-state index is 0.359. The maximum Gasteiger partial charge on any atom is 0.191 e. The van der Waals surface area contributed by atoms with Gasteiger partial charge in [0, 0.05) is 32.6 Å². The fourth-order valence-electron chi connectivity index (χ4n) is 1.45. The van der Waals surface area contributed by atoms with Crippen LogP contribution in [0.2, 0.25) is 0 Å². The molecule has 1 aliphatic rings. The number of rotatable bonds is 2. The highest BCUT2D eigenvalue weighted by Crippen LogP contribution is 2.10. The maximum absolute atomic E-state index is 5.64. The molecule has 0 bridgehead atoms. The molecule has 1 fully saturated rings. The van der Waals surface area contributed by atoms with Gasteiger partial charge in [-0.1, -0.05) is 0 Å². The molecule has 0 amide bonds. The first-order valence-electron chi connectivity index (χ1n) is 4.13. The van der Waals surface area contributed by atoms with Crippen LogP contribution in [-0.2, 0) is 6.54 Å². The van der Waals surface area contributed by atoms with Crippen molar-refractivity contribution in [3.05, 3.63) is 17.8 Å². The van der Waals surface area contributed by atoms with Crippen LogP contribution in [0.15, 0.2) is 10.7 Å². The predicted molar refractivity (Wildman–Crippen MR) is 44.5 cm³/mol. The van der Waals surface area contributed by atoms with E-state index in [0.29, 0.717) is 6.04 Å². The highest BCUT2D eigenvalue weighted by atomic mass is 16.3. The van der Waals surface area contributed by atoms with Gasteiger partial charge in [-0.2, -0.15) is 0 Å². The summed E-state index contributed by atoms with van der Waals surface area (Å²) in [4.78, 5) is 6.46. The van der Waals surface area contributed by atoms with E-state index in [-0.39, 0.29) is 0 Å². The van der Waals surface area contributed by atoms with E-state index in [9.17, 15) is 0 Å². The number of aryl methyl sites for hydroxylation is 1. The molecular weight excluding hydrogens is 154 g/mol. The Kier molecular flexibility index (Phi) is 1.86. The number of aromatic nitrogens is 1. The second-order valence-electron chi connectivity index (χ2n) is 3.31. The van der Waals surface area contributed by atoms with Crippen LogP contribution < -0.4 is 5.73 Å². The third kappa shape index (κ3) is 1.49. The van der Waals surface area contributed by atoms with Crippen molar-refractivity contribution in [1.29, 1.82) is 0 Å². The number of oxazole rings is 1. The van der Waals surface area contributed by atoms with Gasteiger partial charge in [-0.3, -0.25) is 4.90 Å². The van der Waals surface area contributed by atoms with Crippen molar-refractivity contribution in [2.45, 2.75) is 19.5 Å². The summed E-state index contributed by atoms with van der Waals surface area (Å²) >= 11 is 0. The van der Waals surface area contributed by atoms with Crippen molar-refractivity contribution in [3.63, 3.8) is 0 Å². The van der Waals surface area contributed by atoms with Crippen LogP contribution in [0.1, 0.15) is 11.6 Å². The monoisotopic (exact) mass is 167 g/mol. The Morgan fingerprint density at radius 1 is 1.75 bits per heavy atom. The van der Waals surface area contributed by atoms with Gasteiger partial charge in [-0.25, -0.2) is 4.98 Å². The number of hydrogen-bond acceptors (Lipinski definition) is 4. The molecule has 2 N–H and O–H groups in total. The van der Waals surface area contributed by atoms with E-state index in [1.165, 1.54) is 0 Å². The lowest BCUT2D eigenvalue weighted by Gasteiger charge is -2.36. The lowest BCUT2D eigenvalue weighted by Crippen LogP contribution is -2.54. The summed E-state index contributed by atoms with van der Waals surface area (Å²) in [6, 6.07) is 0.359. The van der Waals surface area contributed by atoms with E-state index in [2.05, 4.69) is 9.88 Å². The zero-order valence-electron chi connectivity index (χ0n) is 7.16. The van der Waals surface area contributed by atoms with Gasteiger partial charge in [-0.15, -0.1) is 0 Å². The number of hydrogen-bond donors (Lipinski definition) is 1. The van der Waals surface area contributed by atoms with Gasteiger partial charge >= 0.3 is 0 Å². The van der Waals surface area contributed by atoms with Crippen LogP contribution in [0.5, 0.6) is 0 Å². The molecule has 66 valence electrons. The van der Waals surface area contributed by atoms with Crippen LogP contribution in [0.3, 0.4) is 0 Å². The standard InChI is InChI=1S/C8H13N3O/c1-6-10-8(5-12-6)4-11-2-7(9)3-11/h5,7H,2-4,9H2,1H3. The van der Waals surface area contributed by atoms with E-state index in [1.807, 2.05) is 6.92 Å². The summed E-state index contributed by atoms with van der Waals surface area (Å²) in [5.74, 6) is 0.731. The zero-order valence-corrected chi connectivity index (χ0v) is 7.16. The fraction of sp³-hybridized carbons (Fsp3) is 0.625. The average molecular weight is 167 g/mol. The van der Waals surface area contributed by atoms with Crippen molar-refractivity contribution >= 4 is 0 Å². The summed E-state index contributed by atoms with van der Waals surface area (Å²) in [7, 11) is 0. The largest absolute Gasteiger partial charge is 0.449 e. The van der Waals surface area contributed by atoms with Crippen LogP contribution in [0.4, 0.5) is 0 Å². The summed E-state index contributed by atoms with van der Waals surface area (Å²) < 4.78 is 5.09. The molecule has 1 saturated heterocycles. The zero-order chi connectivity index (χ0) is 8.55. The Morgan fingerprint density at radius 3 is 3.00 bits per heavy atom. The molecule has 0 spiro atoms. The second-order valence-corrected chi connectivity index (χ2v) is 3.31. The smallest absolute Gasteiger partial charge is 0.191 e. The Bertz CT molecular complexity index is 265. The third-order valence-corrected chi connectivity index (χ3v) is 2.04. The topological polar surface area (TPSA) is 55.3 Å². The van der Waals surface area contributed by atoms with E-state index in [1.54, 1.807) is 6.26 Å². The average Bonchev–Trinajstić information content (AvgIpc) is 2.33. The summed E-state index contributed by atoms with van der Waals surface area (Å²) in [5, 5.41) is 0. The number of likely N-dealkylation sites (tertiary alicyclic amines) is 1. The van der Waals surface area contributed by atoms with Gasteiger partial charge in [0.15, 0.2) is 5.89 Å². The Balaban J connectivity index is 1.88. The molecule has 0 unspecified atom stereocenters. The molecule has 0 radical (unpaired) electrons. The van der Waals surface area contributed by atoms with E-state index in [4.69, 9.17) is 10.2 Å². The Morgan fingerprint density at radius 2 is 2.50 bits per heavy atom. The van der Waals surface area contributed by atoms with Crippen molar-refractivity contribution in [3.8, 4) is 0 Å². The molecule has 1 aromatic rings. The molecule has 12 heavy (non-hydrogen) atoms. The van der Waals surface area contributed by atoms with Crippen molar-refractivity contribution in [2.24, 2.45) is 5.73 Å². The molecule has 1 aromatic heterocycles. The van der Waals surface area contributed by atoms with E-state index in [0.717, 1.165) is 31.2 Å². The molecule has 2 rings (SSSR count). The number of nitrogens with two attached hydrogens (primary N) is 1. The molecule has 4 nitrogen and oxygen atoms in total. The van der Waals surface area contributed by atoms with Gasteiger partial charge in [0.05, 0.1) is 5.69 Å². The maximum atomic E-state index is 5.64. The molecule has 0 saturated carbocycles. The first kappa shape index (κ1) is 7.76. The van der Waals surface area contributed by atoms with Gasteiger partial charge in [-0.05, 0) is 0 Å². The highest BCUT2D eigenvalue weighted by Gasteiger charge is 2.23. The SMILES string of the molecule is Cc1nc(CN2CC(N)C2)co1. The van der Waals surface area contributed by atoms with Crippen LogP contribution >= 0.6 is 0 Å². The molecule has 4 heteroatoms. The molecule has 2 heterocycles. The predicted octanol–water partition coefficient (Wildman–Crippen LogP) is 0.126. The fourth-order valence-corrected chi connectivity index (χ4v) is 1.45. The quantitative estimate of drug-likeness (QED) is 0.680. The molecule has 0 aliphatic carbocycles. The lowest BCUT2D eigenvalue weighted by atomic mass is 10.1. The van der Waals surface area contributed by atoms with Gasteiger partial charge < -0.3 is 10.2 Å². The van der Waals surface area contributed by atoms with Crippen LogP contribution in [0, 0.1) is 6.92 Å². The first-order chi connectivity index (χ1) is 5.74. The lowest BCUT2D eigenvalue weighted by molar-refractivity contribution is 0.140. The minimum absolute atomic E-state index is 0.359. The van der Waals surface area contributed by atoms with Crippen molar-refractivity contribution in [2.75, 3.05) is 13.1 Å². The van der Waals surface area contributed by atoms with E-state index < -0.39 is 0 Å². The highest BCUT2D eigenvalue weighted by molar-refractivity contribution is 4.97. The molecule has 1 aliphatic heterocycles. The van der Waals surface area contributed by atoms with Crippen molar-refractivity contribution < 1.29 is 4.42 Å². The molecular formula is C8H13N3O. The van der Waals surface area contributed by atoms with Crippen molar-refractivity contribution in [1.82, 2.24) is 9.88 Å². The second kappa shape index (κ2) is 2.88. The number of nitrogens with zero attached hydrogens (tertiary/aromatic N) is 2. The van der Waals surface area contributed by atoms with Crippen LogP contribution in [0.25, 0.3) is 0 Å². The first-order valence-corrected chi connectivity index (χ1v) is 4.13. The van der Waals surface area contributed by atoms with Gasteiger partial charge in [0.1, 0.15) is 6.26 Å². The normalized spacial score (nSPS) is 19.5. The third-order valence-electron chi connectivity index (χ3n) is 2.04. The molecule has 0 atom stereocenters. The Labute approximate surface area is 71.4 Å². The Hall–Kier alpha value is -0.870. The van der Waals surface area contributed by atoms with E-state index >= 15 is 0 Å². The minimum Gasteiger partial charge on any atom is -0.449 e. The summed E-state index contributed by atoms with van der Waals surface area (Å²) in [5.41, 5.74) is 6.64. The van der Waals surface area contributed by atoms with Gasteiger partial charge in [0.2, 0.25) is 0 Å². The summed E-state index contributed by atoms with van der Waals surface area (Å²) in [6.45, 7) is 4.67. The molecule has 0 aromatic carbocycles. The van der Waals surface area contributed by atoms with Gasteiger partial charge in [0.25, 0.3) is 0 Å². The summed E-state index contributed by atoms with van der Waals surface area (Å²) in [6.07, 6.45) is 1.71.